The molecule has 1 aliphatic rings. The van der Waals surface area contributed by atoms with E-state index in [2.05, 4.69) is 10.3 Å². The molecule has 2 aromatic carbocycles. The number of nitrogens with zero attached hydrogens (tertiary/aromatic N) is 2. The van der Waals surface area contributed by atoms with Crippen LogP contribution in [0.1, 0.15) is 12.0 Å². The maximum absolute atomic E-state index is 12.7. The Hall–Kier alpha value is -2.52. The topological polar surface area (TPSA) is 62.3 Å². The minimum Gasteiger partial charge on any atom is -0.302 e. The number of rotatable bonds is 6. The predicted octanol–water partition coefficient (Wildman–Crippen LogP) is 5.69. The summed E-state index contributed by atoms with van der Waals surface area (Å²) in [6.07, 6.45) is 1.84. The number of hydrogen-bond donors (Lipinski definition) is 1. The molecule has 31 heavy (non-hydrogen) atoms. The molecule has 0 saturated carbocycles. The summed E-state index contributed by atoms with van der Waals surface area (Å²) in [5.41, 5.74) is 2.55. The number of thioether (sulfide) groups is 1. The van der Waals surface area contributed by atoms with Crippen LogP contribution in [-0.4, -0.2) is 32.6 Å². The average Bonchev–Trinajstić information content (AvgIpc) is 3.33. The van der Waals surface area contributed by atoms with Crippen LogP contribution in [0.5, 0.6) is 0 Å². The normalized spacial score (nSPS) is 15.0. The maximum Gasteiger partial charge on any atom is 0.266 e. The smallest absolute Gasteiger partial charge is 0.266 e. The van der Waals surface area contributed by atoms with Gasteiger partial charge in [-0.2, -0.15) is 0 Å². The van der Waals surface area contributed by atoms with E-state index in [4.69, 9.17) is 23.8 Å². The molecule has 0 atom stereocenters. The van der Waals surface area contributed by atoms with Crippen LogP contribution in [0.4, 0.5) is 5.13 Å². The molecule has 1 aliphatic heterocycles. The first-order valence-electron chi connectivity index (χ1n) is 9.32. The van der Waals surface area contributed by atoms with E-state index >= 15 is 0 Å². The summed E-state index contributed by atoms with van der Waals surface area (Å²) in [5.74, 6) is -0.443. The average molecular weight is 486 g/mol. The largest absolute Gasteiger partial charge is 0.302 e. The number of nitrogens with one attached hydrogen (secondary N) is 1. The van der Waals surface area contributed by atoms with Crippen molar-refractivity contribution in [2.45, 2.75) is 6.42 Å². The second-order valence-electron chi connectivity index (χ2n) is 6.56. The van der Waals surface area contributed by atoms with Crippen molar-refractivity contribution >= 4 is 74.3 Å². The Bertz CT molecular complexity index is 1180. The lowest BCUT2D eigenvalue weighted by atomic mass is 10.2. The molecule has 0 radical (unpaired) electrons. The van der Waals surface area contributed by atoms with Gasteiger partial charge in [0.2, 0.25) is 5.91 Å². The third kappa shape index (κ3) is 5.22. The van der Waals surface area contributed by atoms with Crippen LogP contribution in [0.2, 0.25) is 5.02 Å². The molecule has 2 amide bonds. The fourth-order valence-corrected chi connectivity index (χ4v) is 5.12. The van der Waals surface area contributed by atoms with E-state index in [1.165, 1.54) is 28.0 Å². The van der Waals surface area contributed by atoms with Gasteiger partial charge in [0.25, 0.3) is 5.91 Å². The van der Waals surface area contributed by atoms with E-state index in [1.807, 2.05) is 53.9 Å². The first-order chi connectivity index (χ1) is 15.0. The van der Waals surface area contributed by atoms with Crippen LogP contribution in [0, 0.1) is 0 Å². The van der Waals surface area contributed by atoms with Gasteiger partial charge in [-0.3, -0.25) is 14.5 Å². The van der Waals surface area contributed by atoms with Crippen molar-refractivity contribution in [1.82, 2.24) is 9.88 Å². The number of hydrogen-bond acceptors (Lipinski definition) is 6. The van der Waals surface area contributed by atoms with Crippen molar-refractivity contribution in [3.8, 4) is 11.3 Å². The number of carbonyl (C=O) groups is 2. The Morgan fingerprint density at radius 3 is 2.68 bits per heavy atom. The highest BCUT2D eigenvalue weighted by Gasteiger charge is 2.32. The zero-order valence-corrected chi connectivity index (χ0v) is 19.3. The van der Waals surface area contributed by atoms with Gasteiger partial charge in [-0.25, -0.2) is 4.98 Å². The van der Waals surface area contributed by atoms with Crippen LogP contribution in [0.3, 0.4) is 0 Å². The van der Waals surface area contributed by atoms with Gasteiger partial charge in [-0.15, -0.1) is 11.3 Å². The summed E-state index contributed by atoms with van der Waals surface area (Å²) in [6, 6.07) is 17.0. The molecule has 0 unspecified atom stereocenters. The molecule has 1 N–H and O–H groups in total. The predicted molar refractivity (Wildman–Crippen MR) is 132 cm³/mol. The third-order valence-corrected chi connectivity index (χ3v) is 6.93. The fraction of sp³-hybridized carbons (Fsp3) is 0.0909. The number of carbonyl (C=O) groups excluding carboxylic acids is 2. The van der Waals surface area contributed by atoms with E-state index < -0.39 is 0 Å². The van der Waals surface area contributed by atoms with Gasteiger partial charge in [0.05, 0.1) is 10.6 Å². The Kier molecular flexibility index (Phi) is 6.82. The van der Waals surface area contributed by atoms with Gasteiger partial charge in [-0.05, 0) is 17.7 Å². The minimum atomic E-state index is -0.224. The fourth-order valence-electron chi connectivity index (χ4n) is 2.89. The number of halogens is 1. The highest BCUT2D eigenvalue weighted by molar-refractivity contribution is 8.26. The van der Waals surface area contributed by atoms with E-state index in [1.54, 1.807) is 12.1 Å². The molecule has 9 heteroatoms. The summed E-state index contributed by atoms with van der Waals surface area (Å²) < 4.78 is 0.428. The molecular formula is C22H16ClN3O2S3. The molecule has 2 heterocycles. The summed E-state index contributed by atoms with van der Waals surface area (Å²) in [6.45, 7) is 0.202. The summed E-state index contributed by atoms with van der Waals surface area (Å²) >= 11 is 14.1. The van der Waals surface area contributed by atoms with Gasteiger partial charge < -0.3 is 5.32 Å². The monoisotopic (exact) mass is 485 g/mol. The molecule has 3 aromatic rings. The number of anilines is 1. The molecule has 5 nitrogen and oxygen atoms in total. The SMILES string of the molecule is O=C(CCN1C(=O)/C(=C/c2ccccc2Cl)SC1=S)Nc1nc(-c2ccccc2)cs1. The van der Waals surface area contributed by atoms with Gasteiger partial charge in [0, 0.05) is 28.9 Å². The van der Waals surface area contributed by atoms with Crippen molar-refractivity contribution in [3.05, 3.63) is 75.5 Å². The zero-order chi connectivity index (χ0) is 21.8. The van der Waals surface area contributed by atoms with E-state index in [0.29, 0.717) is 19.4 Å². The van der Waals surface area contributed by atoms with E-state index in [-0.39, 0.29) is 24.8 Å². The highest BCUT2D eigenvalue weighted by atomic mass is 35.5. The van der Waals surface area contributed by atoms with Crippen LogP contribution < -0.4 is 5.32 Å². The number of benzene rings is 2. The molecule has 0 aliphatic carbocycles. The van der Waals surface area contributed by atoms with Gasteiger partial charge in [-0.1, -0.05) is 84.1 Å². The van der Waals surface area contributed by atoms with Gasteiger partial charge in [0.15, 0.2) is 5.13 Å². The highest BCUT2D eigenvalue weighted by Crippen LogP contribution is 2.34. The van der Waals surface area contributed by atoms with Crippen molar-refractivity contribution in [3.63, 3.8) is 0 Å². The molecule has 0 bridgehead atoms. The summed E-state index contributed by atoms with van der Waals surface area (Å²) in [5, 5.41) is 5.77. The molecule has 1 aromatic heterocycles. The lowest BCUT2D eigenvalue weighted by Crippen LogP contribution is -2.31. The Morgan fingerprint density at radius 2 is 1.90 bits per heavy atom. The van der Waals surface area contributed by atoms with E-state index in [0.717, 1.165) is 16.8 Å². The number of amides is 2. The van der Waals surface area contributed by atoms with Gasteiger partial charge >= 0.3 is 0 Å². The summed E-state index contributed by atoms with van der Waals surface area (Å²) in [7, 11) is 0. The molecule has 1 fully saturated rings. The third-order valence-electron chi connectivity index (χ3n) is 4.45. The van der Waals surface area contributed by atoms with Crippen molar-refractivity contribution in [2.24, 2.45) is 0 Å². The van der Waals surface area contributed by atoms with Crippen LogP contribution in [0.25, 0.3) is 17.3 Å². The molecule has 156 valence electrons. The standard InChI is InChI=1S/C22H16ClN3O2S3/c23-16-9-5-4-8-15(16)12-18-20(28)26(22(29)31-18)11-10-19(27)25-21-24-17(13-30-21)14-6-2-1-3-7-14/h1-9,12-13H,10-11H2,(H,24,25,27)/b18-12-. The Balaban J connectivity index is 1.35. The number of aromatic nitrogens is 1. The van der Waals surface area contributed by atoms with Gasteiger partial charge in [0.1, 0.15) is 4.32 Å². The van der Waals surface area contributed by atoms with Crippen LogP contribution in [-0.2, 0) is 9.59 Å². The zero-order valence-electron chi connectivity index (χ0n) is 16.1. The lowest BCUT2D eigenvalue weighted by Gasteiger charge is -2.13. The molecule has 1 saturated heterocycles. The second-order valence-corrected chi connectivity index (χ2v) is 9.50. The second kappa shape index (κ2) is 9.74. The van der Waals surface area contributed by atoms with E-state index in [9.17, 15) is 9.59 Å². The lowest BCUT2D eigenvalue weighted by molar-refractivity contribution is -0.122. The molecule has 0 spiro atoms. The van der Waals surface area contributed by atoms with Crippen molar-refractivity contribution < 1.29 is 9.59 Å². The molecular weight excluding hydrogens is 470 g/mol. The Labute approximate surface area is 198 Å². The first kappa shape index (κ1) is 21.7. The van der Waals surface area contributed by atoms with Crippen molar-refractivity contribution in [1.29, 1.82) is 0 Å². The summed E-state index contributed by atoms with van der Waals surface area (Å²) in [4.78, 5) is 31.5. The van der Waals surface area contributed by atoms with Crippen molar-refractivity contribution in [2.75, 3.05) is 11.9 Å². The Morgan fingerprint density at radius 1 is 1.16 bits per heavy atom. The minimum absolute atomic E-state index is 0.117. The number of thiocarbonyl (C=S) groups is 1. The quantitative estimate of drug-likeness (QED) is 0.359. The maximum atomic E-state index is 12.7. The molecule has 4 rings (SSSR count). The van der Waals surface area contributed by atoms with Crippen LogP contribution >= 0.6 is 46.9 Å². The number of thiazole rings is 1. The van der Waals surface area contributed by atoms with Crippen LogP contribution in [0.15, 0.2) is 64.9 Å². The first-order valence-corrected chi connectivity index (χ1v) is 11.8.